The van der Waals surface area contributed by atoms with E-state index < -0.39 is 0 Å². The summed E-state index contributed by atoms with van der Waals surface area (Å²) in [5, 5.41) is 9.10. The van der Waals surface area contributed by atoms with E-state index in [-0.39, 0.29) is 18.3 Å². The van der Waals surface area contributed by atoms with E-state index in [1.54, 1.807) is 0 Å². The van der Waals surface area contributed by atoms with E-state index in [1.807, 2.05) is 30.3 Å². The molecule has 0 spiro atoms. The molecule has 82 valence electrons. The van der Waals surface area contributed by atoms with Gasteiger partial charge in [0.2, 0.25) is 0 Å². The van der Waals surface area contributed by atoms with Crippen molar-refractivity contribution in [2.24, 2.45) is 5.92 Å². The molecule has 0 heterocycles. The number of hydrogen-bond donors (Lipinski definition) is 1. The predicted octanol–water partition coefficient (Wildman–Crippen LogP) is 2.67. The Balaban J connectivity index is 2.55. The SMILES string of the molecule is CCCC(CO)CC(=O)c1ccccc1. The molecule has 0 radical (unpaired) electrons. The van der Waals surface area contributed by atoms with Gasteiger partial charge in [0.15, 0.2) is 5.78 Å². The van der Waals surface area contributed by atoms with Gasteiger partial charge in [-0.1, -0.05) is 43.7 Å². The quantitative estimate of drug-likeness (QED) is 0.726. The van der Waals surface area contributed by atoms with Crippen LogP contribution in [0.1, 0.15) is 36.5 Å². The van der Waals surface area contributed by atoms with Crippen LogP contribution >= 0.6 is 0 Å². The maximum atomic E-state index is 11.8. The minimum absolute atomic E-state index is 0.104. The first kappa shape index (κ1) is 11.9. The lowest BCUT2D eigenvalue weighted by atomic mass is 9.95. The van der Waals surface area contributed by atoms with Crippen LogP contribution in [0.4, 0.5) is 0 Å². The lowest BCUT2D eigenvalue weighted by molar-refractivity contribution is 0.0931. The first-order valence-corrected chi connectivity index (χ1v) is 5.47. The summed E-state index contributed by atoms with van der Waals surface area (Å²) in [6.07, 6.45) is 2.37. The third-order valence-corrected chi connectivity index (χ3v) is 2.52. The van der Waals surface area contributed by atoms with Crippen molar-refractivity contribution in [3.05, 3.63) is 35.9 Å². The van der Waals surface area contributed by atoms with Crippen LogP contribution in [-0.4, -0.2) is 17.5 Å². The van der Waals surface area contributed by atoms with Gasteiger partial charge in [0.05, 0.1) is 0 Å². The van der Waals surface area contributed by atoms with Gasteiger partial charge in [-0.3, -0.25) is 4.79 Å². The second-order valence-electron chi connectivity index (χ2n) is 3.83. The van der Waals surface area contributed by atoms with E-state index in [2.05, 4.69) is 6.92 Å². The lowest BCUT2D eigenvalue weighted by Gasteiger charge is -2.11. The maximum Gasteiger partial charge on any atom is 0.163 e. The van der Waals surface area contributed by atoms with Crippen LogP contribution in [-0.2, 0) is 0 Å². The largest absolute Gasteiger partial charge is 0.396 e. The average molecular weight is 206 g/mol. The van der Waals surface area contributed by atoms with Crippen LogP contribution < -0.4 is 0 Å². The van der Waals surface area contributed by atoms with Crippen LogP contribution in [0.15, 0.2) is 30.3 Å². The first-order valence-electron chi connectivity index (χ1n) is 5.47. The van der Waals surface area contributed by atoms with Gasteiger partial charge in [-0.05, 0) is 12.3 Å². The van der Waals surface area contributed by atoms with Crippen molar-refractivity contribution in [3.63, 3.8) is 0 Å². The molecule has 0 aliphatic rings. The van der Waals surface area contributed by atoms with E-state index >= 15 is 0 Å². The number of carbonyl (C=O) groups is 1. The Morgan fingerprint density at radius 3 is 2.53 bits per heavy atom. The fourth-order valence-corrected chi connectivity index (χ4v) is 1.67. The van der Waals surface area contributed by atoms with Gasteiger partial charge in [0.1, 0.15) is 0 Å². The molecule has 0 aromatic heterocycles. The van der Waals surface area contributed by atoms with Crippen molar-refractivity contribution in [1.82, 2.24) is 0 Å². The van der Waals surface area contributed by atoms with Crippen LogP contribution in [0.2, 0.25) is 0 Å². The monoisotopic (exact) mass is 206 g/mol. The van der Waals surface area contributed by atoms with Crippen LogP contribution in [0.3, 0.4) is 0 Å². The molecule has 15 heavy (non-hydrogen) atoms. The molecular weight excluding hydrogens is 188 g/mol. The zero-order valence-corrected chi connectivity index (χ0v) is 9.15. The Hall–Kier alpha value is -1.15. The number of aliphatic hydroxyl groups excluding tert-OH is 1. The molecule has 0 saturated heterocycles. The number of ketones is 1. The lowest BCUT2D eigenvalue weighted by Crippen LogP contribution is -2.12. The zero-order chi connectivity index (χ0) is 11.1. The number of carbonyl (C=O) groups excluding carboxylic acids is 1. The van der Waals surface area contributed by atoms with Gasteiger partial charge < -0.3 is 5.11 Å². The average Bonchev–Trinajstić information content (AvgIpc) is 2.29. The van der Waals surface area contributed by atoms with Gasteiger partial charge in [-0.25, -0.2) is 0 Å². The summed E-state index contributed by atoms with van der Waals surface area (Å²) in [5.74, 6) is 0.241. The summed E-state index contributed by atoms with van der Waals surface area (Å²) >= 11 is 0. The molecule has 1 atom stereocenters. The van der Waals surface area contributed by atoms with Crippen molar-refractivity contribution in [3.8, 4) is 0 Å². The van der Waals surface area contributed by atoms with Gasteiger partial charge in [0.25, 0.3) is 0 Å². The minimum atomic E-state index is 0.104. The number of aliphatic hydroxyl groups is 1. The normalized spacial score (nSPS) is 12.4. The second-order valence-corrected chi connectivity index (χ2v) is 3.83. The Bertz CT molecular complexity index is 293. The van der Waals surface area contributed by atoms with Crippen LogP contribution in [0.5, 0.6) is 0 Å². The van der Waals surface area contributed by atoms with E-state index in [0.29, 0.717) is 6.42 Å². The highest BCUT2D eigenvalue weighted by molar-refractivity contribution is 5.96. The fraction of sp³-hybridized carbons (Fsp3) is 0.462. The maximum absolute atomic E-state index is 11.8. The molecule has 0 aliphatic heterocycles. The van der Waals surface area contributed by atoms with E-state index in [1.165, 1.54) is 0 Å². The molecule has 1 aromatic carbocycles. The highest BCUT2D eigenvalue weighted by atomic mass is 16.3. The molecule has 0 saturated carbocycles. The second kappa shape index (κ2) is 6.36. The zero-order valence-electron chi connectivity index (χ0n) is 9.15. The summed E-state index contributed by atoms with van der Waals surface area (Å²) in [4.78, 5) is 11.8. The molecule has 1 rings (SSSR count). The molecule has 0 bridgehead atoms. The first-order chi connectivity index (χ1) is 7.27. The van der Waals surface area contributed by atoms with Crippen LogP contribution in [0.25, 0.3) is 0 Å². The molecular formula is C13H18O2. The predicted molar refractivity (Wildman–Crippen MR) is 60.9 cm³/mol. The van der Waals surface area contributed by atoms with Gasteiger partial charge >= 0.3 is 0 Å². The van der Waals surface area contributed by atoms with Gasteiger partial charge in [-0.15, -0.1) is 0 Å². The van der Waals surface area contributed by atoms with Crippen molar-refractivity contribution < 1.29 is 9.90 Å². The van der Waals surface area contributed by atoms with Crippen LogP contribution in [0, 0.1) is 5.92 Å². The topological polar surface area (TPSA) is 37.3 Å². The Kier molecular flexibility index (Phi) is 5.05. The molecule has 2 heteroatoms. The van der Waals surface area contributed by atoms with Crippen molar-refractivity contribution >= 4 is 5.78 Å². The van der Waals surface area contributed by atoms with E-state index in [0.717, 1.165) is 18.4 Å². The summed E-state index contributed by atoms with van der Waals surface area (Å²) in [6.45, 7) is 2.17. The van der Waals surface area contributed by atoms with E-state index in [4.69, 9.17) is 5.11 Å². The molecule has 1 aromatic rings. The molecule has 2 nitrogen and oxygen atoms in total. The fourth-order valence-electron chi connectivity index (χ4n) is 1.67. The summed E-state index contributed by atoms with van der Waals surface area (Å²) < 4.78 is 0. The third-order valence-electron chi connectivity index (χ3n) is 2.52. The van der Waals surface area contributed by atoms with Crippen molar-refractivity contribution in [2.75, 3.05) is 6.61 Å². The highest BCUT2D eigenvalue weighted by Gasteiger charge is 2.13. The molecule has 0 fully saturated rings. The molecule has 0 amide bonds. The molecule has 0 aliphatic carbocycles. The highest BCUT2D eigenvalue weighted by Crippen LogP contribution is 2.14. The summed E-state index contributed by atoms with van der Waals surface area (Å²) in [5.41, 5.74) is 0.743. The third kappa shape index (κ3) is 3.84. The Morgan fingerprint density at radius 1 is 1.33 bits per heavy atom. The van der Waals surface area contributed by atoms with Crippen molar-refractivity contribution in [1.29, 1.82) is 0 Å². The Morgan fingerprint density at radius 2 is 2.00 bits per heavy atom. The molecule has 1 N–H and O–H groups in total. The Labute approximate surface area is 90.9 Å². The van der Waals surface area contributed by atoms with Gasteiger partial charge in [0, 0.05) is 18.6 Å². The summed E-state index contributed by atoms with van der Waals surface area (Å²) in [6, 6.07) is 9.26. The van der Waals surface area contributed by atoms with E-state index in [9.17, 15) is 4.79 Å². The van der Waals surface area contributed by atoms with Crippen molar-refractivity contribution in [2.45, 2.75) is 26.2 Å². The number of Topliss-reactive ketones (excluding diaryl/α,β-unsaturated/α-hetero) is 1. The molecule has 1 unspecified atom stereocenters. The smallest absolute Gasteiger partial charge is 0.163 e. The number of benzene rings is 1. The van der Waals surface area contributed by atoms with Gasteiger partial charge in [-0.2, -0.15) is 0 Å². The number of rotatable bonds is 6. The summed E-state index contributed by atoms with van der Waals surface area (Å²) in [7, 11) is 0. The number of hydrogen-bond acceptors (Lipinski definition) is 2. The minimum Gasteiger partial charge on any atom is -0.396 e. The standard InChI is InChI=1S/C13H18O2/c1-2-6-11(10-14)9-13(15)12-7-4-3-5-8-12/h3-5,7-8,11,14H,2,6,9-10H2,1H3.